The number of rotatable bonds is 8. The summed E-state index contributed by atoms with van der Waals surface area (Å²) in [7, 11) is 1.61. The number of amides is 1. The molecule has 0 spiro atoms. The highest BCUT2D eigenvalue weighted by Gasteiger charge is 2.16. The van der Waals surface area contributed by atoms with Crippen molar-refractivity contribution in [2.75, 3.05) is 25.6 Å². The van der Waals surface area contributed by atoms with Gasteiger partial charge in [0.15, 0.2) is 5.82 Å². The molecular formula is C18H20N4O3S. The standard InChI is InChI=1S/C18H20N4O3S/c1-3-16(23)19-13-6-4-7-14(12-13)22-17(15-8-5-11-26-15)20-18(21-22)25-10-9-24-2/h4-8,11-12H,3,9-10H2,1-2H3,(H,19,23). The molecule has 1 N–H and O–H groups in total. The van der Waals surface area contributed by atoms with Gasteiger partial charge in [0.05, 0.1) is 17.2 Å². The average molecular weight is 372 g/mol. The van der Waals surface area contributed by atoms with Gasteiger partial charge >= 0.3 is 6.01 Å². The van der Waals surface area contributed by atoms with Gasteiger partial charge in [0.25, 0.3) is 0 Å². The van der Waals surface area contributed by atoms with Gasteiger partial charge < -0.3 is 14.8 Å². The summed E-state index contributed by atoms with van der Waals surface area (Å²) in [5.74, 6) is 0.647. The number of anilines is 1. The Morgan fingerprint density at radius 1 is 1.27 bits per heavy atom. The lowest BCUT2D eigenvalue weighted by atomic mass is 10.2. The summed E-state index contributed by atoms with van der Waals surface area (Å²) >= 11 is 1.57. The second-order valence-corrected chi connectivity index (χ2v) is 6.35. The van der Waals surface area contributed by atoms with Crippen molar-refractivity contribution in [2.24, 2.45) is 0 Å². The summed E-state index contributed by atoms with van der Waals surface area (Å²) in [6.45, 7) is 2.65. The van der Waals surface area contributed by atoms with Gasteiger partial charge in [-0.15, -0.1) is 16.4 Å². The SMILES string of the molecule is CCC(=O)Nc1cccc(-n2nc(OCCOC)nc2-c2cccs2)c1. The first-order valence-corrected chi connectivity index (χ1v) is 9.12. The van der Waals surface area contributed by atoms with E-state index in [1.165, 1.54) is 0 Å². The van der Waals surface area contributed by atoms with E-state index < -0.39 is 0 Å². The Hall–Kier alpha value is -2.71. The normalized spacial score (nSPS) is 10.7. The lowest BCUT2D eigenvalue weighted by Gasteiger charge is -2.08. The molecular weight excluding hydrogens is 352 g/mol. The molecule has 7 nitrogen and oxygen atoms in total. The first-order valence-electron chi connectivity index (χ1n) is 8.24. The maximum Gasteiger partial charge on any atom is 0.336 e. The minimum atomic E-state index is -0.0391. The molecule has 2 heterocycles. The van der Waals surface area contributed by atoms with Crippen molar-refractivity contribution >= 4 is 22.9 Å². The van der Waals surface area contributed by atoms with Crippen molar-refractivity contribution in [3.63, 3.8) is 0 Å². The number of aromatic nitrogens is 3. The van der Waals surface area contributed by atoms with Crippen LogP contribution in [0.4, 0.5) is 5.69 Å². The summed E-state index contributed by atoms with van der Waals surface area (Å²) in [4.78, 5) is 17.1. The molecule has 26 heavy (non-hydrogen) atoms. The molecule has 2 aromatic heterocycles. The predicted octanol–water partition coefficient (Wildman–Crippen LogP) is 3.37. The molecule has 0 saturated heterocycles. The summed E-state index contributed by atoms with van der Waals surface area (Å²) in [5.41, 5.74) is 1.50. The molecule has 8 heteroatoms. The van der Waals surface area contributed by atoms with Crippen molar-refractivity contribution in [1.29, 1.82) is 0 Å². The number of hydrogen-bond acceptors (Lipinski definition) is 6. The Morgan fingerprint density at radius 2 is 2.15 bits per heavy atom. The lowest BCUT2D eigenvalue weighted by molar-refractivity contribution is -0.115. The number of methoxy groups -OCH3 is 1. The fraction of sp³-hybridized carbons (Fsp3) is 0.278. The molecule has 136 valence electrons. The number of nitrogens with one attached hydrogen (secondary N) is 1. The highest BCUT2D eigenvalue weighted by molar-refractivity contribution is 7.13. The number of carbonyl (C=O) groups excluding carboxylic acids is 1. The van der Waals surface area contributed by atoms with E-state index in [9.17, 15) is 4.79 Å². The van der Waals surface area contributed by atoms with Crippen LogP contribution in [-0.4, -0.2) is 41.0 Å². The molecule has 0 aliphatic carbocycles. The van der Waals surface area contributed by atoms with Crippen LogP contribution in [0.3, 0.4) is 0 Å². The highest BCUT2D eigenvalue weighted by Crippen LogP contribution is 2.28. The Morgan fingerprint density at radius 3 is 2.88 bits per heavy atom. The van der Waals surface area contributed by atoms with Crippen molar-refractivity contribution < 1.29 is 14.3 Å². The molecule has 0 aliphatic rings. The number of hydrogen-bond donors (Lipinski definition) is 1. The fourth-order valence-electron chi connectivity index (χ4n) is 2.28. The minimum absolute atomic E-state index is 0.0391. The van der Waals surface area contributed by atoms with Crippen LogP contribution >= 0.6 is 11.3 Å². The monoisotopic (exact) mass is 372 g/mol. The number of thiophene rings is 1. The van der Waals surface area contributed by atoms with Crippen molar-refractivity contribution in [3.8, 4) is 22.4 Å². The topological polar surface area (TPSA) is 78.3 Å². The van der Waals surface area contributed by atoms with Crippen molar-refractivity contribution in [3.05, 3.63) is 41.8 Å². The molecule has 3 rings (SSSR count). The first kappa shape index (κ1) is 18.1. The van der Waals surface area contributed by atoms with E-state index in [1.54, 1.807) is 23.1 Å². The highest BCUT2D eigenvalue weighted by atomic mass is 32.1. The zero-order valence-corrected chi connectivity index (χ0v) is 15.5. The van der Waals surface area contributed by atoms with Gasteiger partial charge in [-0.05, 0) is 29.6 Å². The molecule has 0 aliphatic heterocycles. The summed E-state index contributed by atoms with van der Waals surface area (Å²) < 4.78 is 12.3. The Balaban J connectivity index is 1.95. The van der Waals surface area contributed by atoms with E-state index in [0.717, 1.165) is 10.6 Å². The van der Waals surface area contributed by atoms with Crippen LogP contribution in [0.2, 0.25) is 0 Å². The van der Waals surface area contributed by atoms with Gasteiger partial charge in [-0.3, -0.25) is 4.79 Å². The number of ether oxygens (including phenoxy) is 2. The zero-order valence-electron chi connectivity index (χ0n) is 14.6. The second kappa shape index (κ2) is 8.59. The minimum Gasteiger partial charge on any atom is -0.460 e. The Kier molecular flexibility index (Phi) is 5.98. The van der Waals surface area contributed by atoms with Crippen LogP contribution in [0, 0.1) is 0 Å². The van der Waals surface area contributed by atoms with Gasteiger partial charge in [-0.2, -0.15) is 4.98 Å². The van der Waals surface area contributed by atoms with Gasteiger partial charge in [0, 0.05) is 19.2 Å². The lowest BCUT2D eigenvalue weighted by Crippen LogP contribution is -2.10. The maximum atomic E-state index is 11.7. The smallest absolute Gasteiger partial charge is 0.336 e. The Bertz CT molecular complexity index is 861. The van der Waals surface area contributed by atoms with E-state index in [4.69, 9.17) is 9.47 Å². The molecule has 0 bridgehead atoms. The predicted molar refractivity (Wildman–Crippen MR) is 101 cm³/mol. The van der Waals surface area contributed by atoms with E-state index in [2.05, 4.69) is 15.4 Å². The summed E-state index contributed by atoms with van der Waals surface area (Å²) in [6.07, 6.45) is 0.422. The molecule has 3 aromatic rings. The van der Waals surface area contributed by atoms with Crippen LogP contribution in [0.25, 0.3) is 16.4 Å². The number of nitrogens with zero attached hydrogens (tertiary/aromatic N) is 3. The van der Waals surface area contributed by atoms with E-state index >= 15 is 0 Å². The Labute approximate surface area is 155 Å². The van der Waals surface area contributed by atoms with Crippen LogP contribution in [0.15, 0.2) is 41.8 Å². The second-order valence-electron chi connectivity index (χ2n) is 5.40. The molecule has 0 radical (unpaired) electrons. The van der Waals surface area contributed by atoms with E-state index in [-0.39, 0.29) is 11.9 Å². The fourth-order valence-corrected chi connectivity index (χ4v) is 2.98. The third kappa shape index (κ3) is 4.27. The third-order valence-corrected chi connectivity index (χ3v) is 4.41. The molecule has 0 fully saturated rings. The zero-order chi connectivity index (χ0) is 18.4. The van der Waals surface area contributed by atoms with Gasteiger partial charge in [0.1, 0.15) is 6.61 Å². The summed E-state index contributed by atoms with van der Waals surface area (Å²) in [5, 5.41) is 9.31. The molecule has 0 saturated carbocycles. The van der Waals surface area contributed by atoms with Gasteiger partial charge in [-0.25, -0.2) is 4.68 Å². The van der Waals surface area contributed by atoms with Crippen molar-refractivity contribution in [1.82, 2.24) is 14.8 Å². The van der Waals surface area contributed by atoms with Crippen LogP contribution < -0.4 is 10.1 Å². The van der Waals surface area contributed by atoms with Gasteiger partial charge in [0.2, 0.25) is 5.91 Å². The average Bonchev–Trinajstić information content (AvgIpc) is 3.31. The third-order valence-electron chi connectivity index (χ3n) is 3.54. The van der Waals surface area contributed by atoms with Crippen LogP contribution in [-0.2, 0) is 9.53 Å². The quantitative estimate of drug-likeness (QED) is 0.614. The van der Waals surface area contributed by atoms with Crippen LogP contribution in [0.5, 0.6) is 6.01 Å². The molecule has 0 atom stereocenters. The first-order chi connectivity index (χ1) is 12.7. The summed E-state index contributed by atoms with van der Waals surface area (Å²) in [6, 6.07) is 11.7. The van der Waals surface area contributed by atoms with Crippen molar-refractivity contribution in [2.45, 2.75) is 13.3 Å². The molecule has 1 aromatic carbocycles. The van der Waals surface area contributed by atoms with Crippen LogP contribution in [0.1, 0.15) is 13.3 Å². The van der Waals surface area contributed by atoms with E-state index in [1.807, 2.05) is 48.7 Å². The van der Waals surface area contributed by atoms with E-state index in [0.29, 0.717) is 31.1 Å². The molecule has 1 amide bonds. The maximum absolute atomic E-state index is 11.7. The molecule has 0 unspecified atom stereocenters. The largest absolute Gasteiger partial charge is 0.460 e. The number of benzene rings is 1. The van der Waals surface area contributed by atoms with Gasteiger partial charge in [-0.1, -0.05) is 19.1 Å². The number of carbonyl (C=O) groups is 1.